The van der Waals surface area contributed by atoms with E-state index in [1.807, 2.05) is 18.2 Å². The van der Waals surface area contributed by atoms with E-state index < -0.39 is 0 Å². The number of alkyl halides is 1. The minimum Gasteiger partial charge on any atom is -0.461 e. The molecule has 2 aromatic rings. The molecule has 0 aliphatic heterocycles. The number of hydrogen-bond donors (Lipinski definition) is 1. The summed E-state index contributed by atoms with van der Waals surface area (Å²) in [6.45, 7) is 2.16. The molecule has 0 unspecified atom stereocenters. The van der Waals surface area contributed by atoms with Gasteiger partial charge in [0.25, 0.3) is 0 Å². The molecule has 0 radical (unpaired) electrons. The van der Waals surface area contributed by atoms with E-state index in [1.165, 1.54) is 0 Å². The van der Waals surface area contributed by atoms with E-state index >= 15 is 0 Å². The maximum atomic E-state index is 11.6. The van der Waals surface area contributed by atoms with Crippen LogP contribution in [-0.4, -0.2) is 22.9 Å². The first-order valence-electron chi connectivity index (χ1n) is 5.59. The molecule has 1 heterocycles. The van der Waals surface area contributed by atoms with E-state index in [4.69, 9.17) is 4.74 Å². The Bertz CT molecular complexity index is 634. The SMILES string of the molecule is CCOC(=O)c1cc2ccc(C#CCBr)cc2[nH]1. The Hall–Kier alpha value is -1.73. The Morgan fingerprint density at radius 3 is 3.00 bits per heavy atom. The topological polar surface area (TPSA) is 42.1 Å². The van der Waals surface area contributed by atoms with Crippen molar-refractivity contribution in [3.05, 3.63) is 35.5 Å². The number of aromatic nitrogens is 1. The van der Waals surface area contributed by atoms with Crippen LogP contribution in [-0.2, 0) is 4.74 Å². The lowest BCUT2D eigenvalue weighted by Gasteiger charge is -1.96. The van der Waals surface area contributed by atoms with Crippen LogP contribution in [0, 0.1) is 11.8 Å². The number of benzene rings is 1. The summed E-state index contributed by atoms with van der Waals surface area (Å²) in [5, 5.41) is 1.62. The number of aromatic amines is 1. The highest BCUT2D eigenvalue weighted by atomic mass is 79.9. The Balaban J connectivity index is 2.36. The number of ether oxygens (including phenoxy) is 1. The zero-order valence-electron chi connectivity index (χ0n) is 9.92. The summed E-state index contributed by atoms with van der Waals surface area (Å²) < 4.78 is 4.95. The number of esters is 1. The average Bonchev–Trinajstić information content (AvgIpc) is 2.79. The first-order valence-corrected chi connectivity index (χ1v) is 6.71. The lowest BCUT2D eigenvalue weighted by atomic mass is 10.2. The third-order valence-corrected chi connectivity index (χ3v) is 2.70. The second kappa shape index (κ2) is 5.74. The highest BCUT2D eigenvalue weighted by Crippen LogP contribution is 2.17. The molecule has 0 aliphatic carbocycles. The smallest absolute Gasteiger partial charge is 0.354 e. The maximum absolute atomic E-state index is 11.6. The quantitative estimate of drug-likeness (QED) is 0.526. The van der Waals surface area contributed by atoms with Crippen molar-refractivity contribution in [2.24, 2.45) is 0 Å². The number of carbonyl (C=O) groups is 1. The van der Waals surface area contributed by atoms with Gasteiger partial charge in [-0.25, -0.2) is 4.79 Å². The number of hydrogen-bond acceptors (Lipinski definition) is 2. The monoisotopic (exact) mass is 305 g/mol. The normalized spacial score (nSPS) is 9.89. The summed E-state index contributed by atoms with van der Waals surface area (Å²) in [6, 6.07) is 7.58. The van der Waals surface area contributed by atoms with E-state index in [-0.39, 0.29) is 5.97 Å². The van der Waals surface area contributed by atoms with Crippen LogP contribution in [0.4, 0.5) is 0 Å². The maximum Gasteiger partial charge on any atom is 0.354 e. The molecule has 1 aromatic heterocycles. The van der Waals surface area contributed by atoms with Crippen LogP contribution in [0.1, 0.15) is 23.0 Å². The molecule has 92 valence electrons. The van der Waals surface area contributed by atoms with Crippen molar-refractivity contribution in [2.75, 3.05) is 11.9 Å². The molecular weight excluding hydrogens is 294 g/mol. The van der Waals surface area contributed by atoms with E-state index in [2.05, 4.69) is 32.8 Å². The highest BCUT2D eigenvalue weighted by molar-refractivity contribution is 9.09. The van der Waals surface area contributed by atoms with Gasteiger partial charge in [-0.15, -0.1) is 0 Å². The zero-order chi connectivity index (χ0) is 13.0. The summed E-state index contributed by atoms with van der Waals surface area (Å²) >= 11 is 3.25. The standard InChI is InChI=1S/C14H12BrNO2/c1-2-18-14(17)13-9-11-6-5-10(4-3-7-15)8-12(11)16-13/h5-6,8-9,16H,2,7H2,1H3. The molecule has 0 spiro atoms. The molecule has 0 amide bonds. The zero-order valence-corrected chi connectivity index (χ0v) is 11.5. The Morgan fingerprint density at radius 2 is 2.28 bits per heavy atom. The van der Waals surface area contributed by atoms with Gasteiger partial charge in [0, 0.05) is 16.5 Å². The van der Waals surface area contributed by atoms with E-state index in [9.17, 15) is 4.79 Å². The van der Waals surface area contributed by atoms with Crippen LogP contribution in [0.15, 0.2) is 24.3 Å². The summed E-state index contributed by atoms with van der Waals surface area (Å²) in [5.74, 6) is 5.63. The first-order chi connectivity index (χ1) is 8.74. The van der Waals surface area contributed by atoms with Gasteiger partial charge in [0.2, 0.25) is 0 Å². The van der Waals surface area contributed by atoms with Crippen molar-refractivity contribution in [2.45, 2.75) is 6.92 Å². The van der Waals surface area contributed by atoms with Crippen LogP contribution in [0.25, 0.3) is 10.9 Å². The van der Waals surface area contributed by atoms with Gasteiger partial charge < -0.3 is 9.72 Å². The van der Waals surface area contributed by atoms with Crippen molar-refractivity contribution in [1.82, 2.24) is 4.98 Å². The van der Waals surface area contributed by atoms with Crippen LogP contribution in [0.3, 0.4) is 0 Å². The van der Waals surface area contributed by atoms with Crippen molar-refractivity contribution < 1.29 is 9.53 Å². The largest absolute Gasteiger partial charge is 0.461 e. The van der Waals surface area contributed by atoms with Crippen LogP contribution >= 0.6 is 15.9 Å². The molecule has 18 heavy (non-hydrogen) atoms. The molecule has 0 saturated carbocycles. The molecule has 2 rings (SSSR count). The first kappa shape index (κ1) is 12.7. The molecule has 0 fully saturated rings. The number of halogens is 1. The highest BCUT2D eigenvalue weighted by Gasteiger charge is 2.09. The number of H-pyrrole nitrogens is 1. The van der Waals surface area contributed by atoms with Gasteiger partial charge in [-0.3, -0.25) is 0 Å². The van der Waals surface area contributed by atoms with Crippen LogP contribution in [0.5, 0.6) is 0 Å². The van der Waals surface area contributed by atoms with Gasteiger partial charge in [0.05, 0.1) is 11.9 Å². The van der Waals surface area contributed by atoms with Crippen molar-refractivity contribution >= 4 is 32.8 Å². The molecule has 0 bridgehead atoms. The van der Waals surface area contributed by atoms with E-state index in [0.29, 0.717) is 17.6 Å². The summed E-state index contributed by atoms with van der Waals surface area (Å²) in [6.07, 6.45) is 0. The second-order valence-electron chi connectivity index (χ2n) is 3.64. The van der Waals surface area contributed by atoms with Crippen LogP contribution in [0.2, 0.25) is 0 Å². The number of rotatable bonds is 2. The second-order valence-corrected chi connectivity index (χ2v) is 4.20. The minimum atomic E-state index is -0.332. The van der Waals surface area contributed by atoms with Crippen molar-refractivity contribution in [1.29, 1.82) is 0 Å². The summed E-state index contributed by atoms with van der Waals surface area (Å²) in [7, 11) is 0. The Kier molecular flexibility index (Phi) is 4.06. The molecule has 4 heteroatoms. The fourth-order valence-electron chi connectivity index (χ4n) is 1.66. The lowest BCUT2D eigenvalue weighted by Crippen LogP contribution is -2.04. The van der Waals surface area contributed by atoms with Gasteiger partial charge in [0.1, 0.15) is 5.69 Å². The predicted molar refractivity (Wildman–Crippen MR) is 74.9 cm³/mol. The predicted octanol–water partition coefficient (Wildman–Crippen LogP) is 3.09. The number of carbonyl (C=O) groups excluding carboxylic acids is 1. The fraction of sp³-hybridized carbons (Fsp3) is 0.214. The van der Waals surface area contributed by atoms with E-state index in [0.717, 1.165) is 16.5 Å². The fourth-order valence-corrected chi connectivity index (χ4v) is 1.80. The van der Waals surface area contributed by atoms with Crippen molar-refractivity contribution in [3.63, 3.8) is 0 Å². The van der Waals surface area contributed by atoms with Gasteiger partial charge >= 0.3 is 5.97 Å². The van der Waals surface area contributed by atoms with Gasteiger partial charge in [-0.1, -0.05) is 33.8 Å². The van der Waals surface area contributed by atoms with E-state index in [1.54, 1.807) is 13.0 Å². The Morgan fingerprint density at radius 1 is 1.44 bits per heavy atom. The van der Waals surface area contributed by atoms with Crippen LogP contribution < -0.4 is 0 Å². The number of fused-ring (bicyclic) bond motifs is 1. The molecule has 3 nitrogen and oxygen atoms in total. The summed E-state index contributed by atoms with van der Waals surface area (Å²) in [4.78, 5) is 14.6. The molecular formula is C14H12BrNO2. The molecule has 0 saturated heterocycles. The Labute approximate surface area is 114 Å². The molecule has 0 aliphatic rings. The van der Waals surface area contributed by atoms with Gasteiger partial charge in [-0.05, 0) is 25.1 Å². The minimum absolute atomic E-state index is 0.332. The molecule has 1 N–H and O–H groups in total. The summed E-state index contributed by atoms with van der Waals surface area (Å²) in [5.41, 5.74) is 2.27. The molecule has 1 aromatic carbocycles. The van der Waals surface area contributed by atoms with Crippen molar-refractivity contribution in [3.8, 4) is 11.8 Å². The lowest BCUT2D eigenvalue weighted by molar-refractivity contribution is 0.0520. The third kappa shape index (κ3) is 2.74. The third-order valence-electron chi connectivity index (χ3n) is 2.42. The molecule has 0 atom stereocenters. The number of nitrogens with one attached hydrogen (secondary N) is 1. The average molecular weight is 306 g/mol. The van der Waals surface area contributed by atoms with Gasteiger partial charge in [0.15, 0.2) is 0 Å². The van der Waals surface area contributed by atoms with Gasteiger partial charge in [-0.2, -0.15) is 0 Å².